The summed E-state index contributed by atoms with van der Waals surface area (Å²) in [6.07, 6.45) is 2.54. The molecule has 1 aliphatic rings. The van der Waals surface area contributed by atoms with Crippen LogP contribution >= 0.6 is 27.3 Å². The third-order valence-corrected chi connectivity index (χ3v) is 3.58. The monoisotopic (exact) mass is 218 g/mol. The summed E-state index contributed by atoms with van der Waals surface area (Å²) >= 11 is 4.95. The molecule has 1 aromatic rings. The molecule has 1 heterocycles. The Bertz CT molecular complexity index is 254. The molecule has 1 fully saturated rings. The van der Waals surface area contributed by atoms with Crippen molar-refractivity contribution in [3.8, 4) is 0 Å². The van der Waals surface area contributed by atoms with E-state index in [2.05, 4.69) is 33.1 Å². The summed E-state index contributed by atoms with van der Waals surface area (Å²) < 4.78 is 0.899. The molecule has 10 heavy (non-hydrogen) atoms. The van der Waals surface area contributed by atoms with Gasteiger partial charge in [0.2, 0.25) is 0 Å². The molecule has 0 aromatic carbocycles. The lowest BCUT2D eigenvalue weighted by Crippen LogP contribution is -1.97. The minimum atomic E-state index is 0.379. The molecule has 0 N–H and O–H groups in total. The number of aromatic nitrogens is 2. The standard InChI is InChI=1S/C6H7BrN2S/c1-6(2-3-6)4-8-9-5(7)10-4/h2-3H2,1H3. The first-order chi connectivity index (χ1) is 4.71. The van der Waals surface area contributed by atoms with E-state index in [-0.39, 0.29) is 0 Å². The Morgan fingerprint density at radius 3 is 2.60 bits per heavy atom. The highest BCUT2D eigenvalue weighted by Gasteiger charge is 2.42. The molecule has 2 rings (SSSR count). The smallest absolute Gasteiger partial charge is 0.142 e. The van der Waals surface area contributed by atoms with Crippen LogP contribution in [0.5, 0.6) is 0 Å². The second-order valence-electron chi connectivity index (χ2n) is 2.92. The van der Waals surface area contributed by atoms with Crippen LogP contribution in [0.4, 0.5) is 0 Å². The molecule has 2 nitrogen and oxygen atoms in total. The van der Waals surface area contributed by atoms with E-state index in [1.165, 1.54) is 17.8 Å². The molecule has 0 amide bonds. The van der Waals surface area contributed by atoms with Gasteiger partial charge in [-0.15, -0.1) is 10.2 Å². The van der Waals surface area contributed by atoms with Crippen LogP contribution in [0.1, 0.15) is 24.8 Å². The highest BCUT2D eigenvalue weighted by atomic mass is 79.9. The zero-order chi connectivity index (χ0) is 7.19. The minimum absolute atomic E-state index is 0.379. The van der Waals surface area contributed by atoms with Gasteiger partial charge in [-0.1, -0.05) is 18.3 Å². The maximum Gasteiger partial charge on any atom is 0.183 e. The van der Waals surface area contributed by atoms with Crippen LogP contribution < -0.4 is 0 Å². The number of hydrogen-bond donors (Lipinski definition) is 0. The van der Waals surface area contributed by atoms with E-state index >= 15 is 0 Å². The first-order valence-corrected chi connectivity index (χ1v) is 4.81. The number of hydrogen-bond acceptors (Lipinski definition) is 3. The van der Waals surface area contributed by atoms with Crippen molar-refractivity contribution in [2.45, 2.75) is 25.2 Å². The number of nitrogens with zero attached hydrogens (tertiary/aromatic N) is 2. The summed E-state index contributed by atoms with van der Waals surface area (Å²) in [5, 5.41) is 9.16. The summed E-state index contributed by atoms with van der Waals surface area (Å²) in [6, 6.07) is 0. The zero-order valence-corrected chi connectivity index (χ0v) is 8.00. The van der Waals surface area contributed by atoms with E-state index in [1.807, 2.05) is 0 Å². The van der Waals surface area contributed by atoms with E-state index in [0.717, 1.165) is 3.92 Å². The molecular weight excluding hydrogens is 212 g/mol. The van der Waals surface area contributed by atoms with Crippen LogP contribution in [-0.4, -0.2) is 10.2 Å². The molecule has 54 valence electrons. The van der Waals surface area contributed by atoms with Crippen LogP contribution in [0.3, 0.4) is 0 Å². The maximum absolute atomic E-state index is 4.07. The van der Waals surface area contributed by atoms with Crippen molar-refractivity contribution in [3.05, 3.63) is 8.92 Å². The van der Waals surface area contributed by atoms with Crippen molar-refractivity contribution >= 4 is 27.3 Å². The Morgan fingerprint density at radius 2 is 2.20 bits per heavy atom. The Hall–Kier alpha value is 0.0400. The van der Waals surface area contributed by atoms with Gasteiger partial charge in [0.05, 0.1) is 0 Å². The van der Waals surface area contributed by atoms with Gasteiger partial charge in [0, 0.05) is 5.41 Å². The molecule has 0 saturated heterocycles. The Kier molecular flexibility index (Phi) is 1.35. The van der Waals surface area contributed by atoms with Gasteiger partial charge < -0.3 is 0 Å². The molecule has 0 bridgehead atoms. The Balaban J connectivity index is 2.34. The fourth-order valence-corrected chi connectivity index (χ4v) is 2.16. The summed E-state index contributed by atoms with van der Waals surface area (Å²) in [4.78, 5) is 0. The van der Waals surface area contributed by atoms with Crippen LogP contribution in [0.15, 0.2) is 3.92 Å². The predicted molar refractivity (Wildman–Crippen MR) is 44.2 cm³/mol. The molecule has 1 aliphatic carbocycles. The Morgan fingerprint density at radius 1 is 1.50 bits per heavy atom. The molecule has 0 radical (unpaired) electrons. The third-order valence-electron chi connectivity index (χ3n) is 1.92. The van der Waals surface area contributed by atoms with Gasteiger partial charge in [0.15, 0.2) is 3.92 Å². The fourth-order valence-electron chi connectivity index (χ4n) is 0.851. The Labute approximate surface area is 71.8 Å². The van der Waals surface area contributed by atoms with Crippen LogP contribution in [-0.2, 0) is 5.41 Å². The van der Waals surface area contributed by atoms with Gasteiger partial charge in [-0.2, -0.15) is 0 Å². The molecule has 1 aromatic heterocycles. The SMILES string of the molecule is CC1(c2nnc(Br)s2)CC1. The number of rotatable bonds is 1. The maximum atomic E-state index is 4.07. The second kappa shape index (κ2) is 2.01. The molecule has 0 aliphatic heterocycles. The zero-order valence-electron chi connectivity index (χ0n) is 5.59. The average molecular weight is 219 g/mol. The fraction of sp³-hybridized carbons (Fsp3) is 0.667. The average Bonchev–Trinajstić information content (AvgIpc) is 2.45. The lowest BCUT2D eigenvalue weighted by molar-refractivity contribution is 0.756. The van der Waals surface area contributed by atoms with Gasteiger partial charge in [0.1, 0.15) is 5.01 Å². The van der Waals surface area contributed by atoms with Crippen LogP contribution in [0.25, 0.3) is 0 Å². The highest BCUT2D eigenvalue weighted by Crippen LogP contribution is 2.48. The molecule has 0 spiro atoms. The van der Waals surface area contributed by atoms with Gasteiger partial charge in [0.25, 0.3) is 0 Å². The van der Waals surface area contributed by atoms with Crippen molar-refractivity contribution in [2.24, 2.45) is 0 Å². The second-order valence-corrected chi connectivity index (χ2v) is 5.17. The van der Waals surface area contributed by atoms with Crippen molar-refractivity contribution in [3.63, 3.8) is 0 Å². The van der Waals surface area contributed by atoms with Crippen LogP contribution in [0, 0.1) is 0 Å². The summed E-state index contributed by atoms with van der Waals surface area (Å²) in [5.74, 6) is 0. The van der Waals surface area contributed by atoms with Crippen molar-refractivity contribution in [2.75, 3.05) is 0 Å². The van der Waals surface area contributed by atoms with E-state index < -0.39 is 0 Å². The lowest BCUT2D eigenvalue weighted by Gasteiger charge is -1.97. The van der Waals surface area contributed by atoms with Gasteiger partial charge in [-0.25, -0.2) is 0 Å². The number of halogens is 1. The summed E-state index contributed by atoms with van der Waals surface area (Å²) in [7, 11) is 0. The van der Waals surface area contributed by atoms with Gasteiger partial charge in [-0.3, -0.25) is 0 Å². The molecule has 0 atom stereocenters. The normalized spacial score (nSPS) is 21.0. The largest absolute Gasteiger partial charge is 0.183 e. The highest BCUT2D eigenvalue weighted by molar-refractivity contribution is 9.11. The van der Waals surface area contributed by atoms with E-state index in [4.69, 9.17) is 0 Å². The van der Waals surface area contributed by atoms with Crippen LogP contribution in [0.2, 0.25) is 0 Å². The quantitative estimate of drug-likeness (QED) is 0.724. The first-order valence-electron chi connectivity index (χ1n) is 3.20. The predicted octanol–water partition coefficient (Wildman–Crippen LogP) is 2.35. The van der Waals surface area contributed by atoms with E-state index in [1.54, 1.807) is 11.3 Å². The lowest BCUT2D eigenvalue weighted by atomic mass is 10.2. The van der Waals surface area contributed by atoms with E-state index in [0.29, 0.717) is 5.41 Å². The minimum Gasteiger partial charge on any atom is -0.142 e. The third kappa shape index (κ3) is 0.992. The van der Waals surface area contributed by atoms with Crippen molar-refractivity contribution in [1.82, 2.24) is 10.2 Å². The first kappa shape index (κ1) is 6.73. The van der Waals surface area contributed by atoms with Crippen molar-refractivity contribution in [1.29, 1.82) is 0 Å². The summed E-state index contributed by atoms with van der Waals surface area (Å²) in [6.45, 7) is 2.24. The van der Waals surface area contributed by atoms with Gasteiger partial charge >= 0.3 is 0 Å². The topological polar surface area (TPSA) is 25.8 Å². The van der Waals surface area contributed by atoms with Crippen molar-refractivity contribution < 1.29 is 0 Å². The molecular formula is C6H7BrN2S. The van der Waals surface area contributed by atoms with E-state index in [9.17, 15) is 0 Å². The van der Waals surface area contributed by atoms with Gasteiger partial charge in [-0.05, 0) is 28.8 Å². The molecule has 1 saturated carbocycles. The molecule has 4 heteroatoms. The molecule has 0 unspecified atom stereocenters. The summed E-state index contributed by atoms with van der Waals surface area (Å²) in [5.41, 5.74) is 0.379.